The Morgan fingerprint density at radius 3 is 2.40 bits per heavy atom. The molecule has 0 saturated carbocycles. The monoisotopic (exact) mass is 462 g/mol. The molecule has 0 aliphatic heterocycles. The van der Waals surface area contributed by atoms with E-state index < -0.39 is 6.10 Å². The molecule has 0 fully saturated rings. The summed E-state index contributed by atoms with van der Waals surface area (Å²) >= 11 is 0. The van der Waals surface area contributed by atoms with Gasteiger partial charge in [-0.2, -0.15) is 0 Å². The van der Waals surface area contributed by atoms with Crippen molar-refractivity contribution in [3.63, 3.8) is 0 Å². The summed E-state index contributed by atoms with van der Waals surface area (Å²) in [6.45, 7) is 6.74. The van der Waals surface area contributed by atoms with Gasteiger partial charge in [-0.1, -0.05) is 116 Å². The van der Waals surface area contributed by atoms with Crippen molar-refractivity contribution in [2.75, 3.05) is 6.61 Å². The highest BCUT2D eigenvalue weighted by Crippen LogP contribution is 2.38. The van der Waals surface area contributed by atoms with E-state index in [0.29, 0.717) is 13.2 Å². The van der Waals surface area contributed by atoms with Crippen LogP contribution in [0.4, 0.5) is 0 Å². The van der Waals surface area contributed by atoms with E-state index in [-0.39, 0.29) is 12.4 Å². The van der Waals surface area contributed by atoms with Gasteiger partial charge in [-0.3, -0.25) is 4.79 Å². The SMILES string of the molecule is C=C/C=C(\c1ccccc1C)C(OC(=O)CCOCc1ccccc1)c1cccc2ccccc12. The zero-order valence-corrected chi connectivity index (χ0v) is 20.0. The highest BCUT2D eigenvalue weighted by atomic mass is 16.5. The van der Waals surface area contributed by atoms with Gasteiger partial charge in [-0.05, 0) is 34.4 Å². The second-order valence-electron chi connectivity index (χ2n) is 8.40. The maximum absolute atomic E-state index is 13.0. The molecule has 3 heteroatoms. The van der Waals surface area contributed by atoms with Gasteiger partial charge in [0.1, 0.15) is 0 Å². The van der Waals surface area contributed by atoms with E-state index in [1.165, 1.54) is 0 Å². The first kappa shape index (κ1) is 24.2. The molecule has 0 spiro atoms. The van der Waals surface area contributed by atoms with Crippen molar-refractivity contribution in [1.29, 1.82) is 0 Å². The Morgan fingerprint density at radius 1 is 0.886 bits per heavy atom. The number of hydrogen-bond acceptors (Lipinski definition) is 3. The van der Waals surface area contributed by atoms with Crippen molar-refractivity contribution in [1.82, 2.24) is 0 Å². The topological polar surface area (TPSA) is 35.5 Å². The molecule has 3 nitrogen and oxygen atoms in total. The number of aryl methyl sites for hydroxylation is 1. The van der Waals surface area contributed by atoms with E-state index in [1.54, 1.807) is 6.08 Å². The third kappa shape index (κ3) is 6.14. The van der Waals surface area contributed by atoms with Crippen LogP contribution in [0.2, 0.25) is 0 Å². The van der Waals surface area contributed by atoms with Crippen LogP contribution in [0.5, 0.6) is 0 Å². The third-order valence-electron chi connectivity index (χ3n) is 5.95. The number of esters is 1. The van der Waals surface area contributed by atoms with Gasteiger partial charge in [-0.25, -0.2) is 0 Å². The zero-order valence-electron chi connectivity index (χ0n) is 20.0. The molecule has 0 N–H and O–H groups in total. The van der Waals surface area contributed by atoms with Gasteiger partial charge < -0.3 is 9.47 Å². The summed E-state index contributed by atoms with van der Waals surface area (Å²) in [5.41, 5.74) is 5.04. The largest absolute Gasteiger partial charge is 0.452 e. The predicted octanol–water partition coefficient (Wildman–Crippen LogP) is 7.61. The molecule has 4 aromatic carbocycles. The molecule has 1 atom stereocenters. The molecule has 0 heterocycles. The lowest BCUT2D eigenvalue weighted by Crippen LogP contribution is -2.16. The Balaban J connectivity index is 1.61. The fraction of sp³-hybridized carbons (Fsp3) is 0.156. The summed E-state index contributed by atoms with van der Waals surface area (Å²) in [5, 5.41) is 2.15. The van der Waals surface area contributed by atoms with Gasteiger partial charge in [0.15, 0.2) is 6.10 Å². The number of benzene rings is 4. The van der Waals surface area contributed by atoms with Crippen LogP contribution in [0.15, 0.2) is 116 Å². The molecule has 4 rings (SSSR count). The van der Waals surface area contributed by atoms with Crippen LogP contribution in [0, 0.1) is 6.92 Å². The van der Waals surface area contributed by atoms with E-state index in [1.807, 2.05) is 72.8 Å². The highest BCUT2D eigenvalue weighted by molar-refractivity contribution is 5.89. The lowest BCUT2D eigenvalue weighted by Gasteiger charge is -2.24. The van der Waals surface area contributed by atoms with Crippen LogP contribution in [0.3, 0.4) is 0 Å². The molecule has 0 amide bonds. The van der Waals surface area contributed by atoms with Crippen LogP contribution in [-0.2, 0) is 20.9 Å². The average molecular weight is 463 g/mol. The van der Waals surface area contributed by atoms with Crippen LogP contribution >= 0.6 is 0 Å². The maximum Gasteiger partial charge on any atom is 0.309 e. The summed E-state index contributed by atoms with van der Waals surface area (Å²) in [5.74, 6) is -0.306. The predicted molar refractivity (Wildman–Crippen MR) is 143 cm³/mol. The van der Waals surface area contributed by atoms with Crippen molar-refractivity contribution >= 4 is 22.3 Å². The van der Waals surface area contributed by atoms with Crippen LogP contribution in [0.1, 0.15) is 34.8 Å². The van der Waals surface area contributed by atoms with Crippen LogP contribution in [-0.4, -0.2) is 12.6 Å². The third-order valence-corrected chi connectivity index (χ3v) is 5.95. The van der Waals surface area contributed by atoms with Gasteiger partial charge in [-0.15, -0.1) is 0 Å². The summed E-state index contributed by atoms with van der Waals surface area (Å²) in [6.07, 6.45) is 3.27. The molecule has 0 aromatic heterocycles. The van der Waals surface area contributed by atoms with E-state index >= 15 is 0 Å². The molecule has 0 aliphatic rings. The van der Waals surface area contributed by atoms with Crippen LogP contribution in [0.25, 0.3) is 16.3 Å². The number of ether oxygens (including phenoxy) is 2. The average Bonchev–Trinajstić information content (AvgIpc) is 2.89. The summed E-state index contributed by atoms with van der Waals surface area (Å²) in [6, 6.07) is 32.3. The second kappa shape index (κ2) is 12.0. The van der Waals surface area contributed by atoms with Crippen molar-refractivity contribution in [2.45, 2.75) is 26.1 Å². The highest BCUT2D eigenvalue weighted by Gasteiger charge is 2.25. The lowest BCUT2D eigenvalue weighted by atomic mass is 9.89. The van der Waals surface area contributed by atoms with Gasteiger partial charge in [0.25, 0.3) is 0 Å². The molecule has 1 unspecified atom stereocenters. The molecular formula is C32H30O3. The molecule has 0 aliphatic carbocycles. The normalized spacial score (nSPS) is 12.3. The minimum atomic E-state index is -0.582. The number of carbonyl (C=O) groups excluding carboxylic acids is 1. The minimum Gasteiger partial charge on any atom is -0.452 e. The maximum atomic E-state index is 13.0. The van der Waals surface area contributed by atoms with Crippen molar-refractivity contribution in [3.05, 3.63) is 138 Å². The first-order chi connectivity index (χ1) is 17.2. The number of allylic oxidation sites excluding steroid dienone is 2. The fourth-order valence-corrected chi connectivity index (χ4v) is 4.23. The second-order valence-corrected chi connectivity index (χ2v) is 8.40. The summed E-state index contributed by atoms with van der Waals surface area (Å²) in [7, 11) is 0. The number of carbonyl (C=O) groups is 1. The molecular weight excluding hydrogens is 432 g/mol. The first-order valence-corrected chi connectivity index (χ1v) is 11.8. The Hall–Kier alpha value is -3.95. The van der Waals surface area contributed by atoms with Gasteiger partial charge >= 0.3 is 5.97 Å². The van der Waals surface area contributed by atoms with E-state index in [4.69, 9.17) is 9.47 Å². The van der Waals surface area contributed by atoms with Crippen molar-refractivity contribution in [2.24, 2.45) is 0 Å². The Labute approximate surface area is 207 Å². The minimum absolute atomic E-state index is 0.170. The number of fused-ring (bicyclic) bond motifs is 1. The molecule has 35 heavy (non-hydrogen) atoms. The zero-order chi connectivity index (χ0) is 24.5. The number of rotatable bonds is 10. The van der Waals surface area contributed by atoms with Crippen LogP contribution < -0.4 is 0 Å². The van der Waals surface area contributed by atoms with Gasteiger partial charge in [0.05, 0.1) is 19.6 Å². The van der Waals surface area contributed by atoms with E-state index in [2.05, 4.69) is 43.8 Å². The Kier molecular flexibility index (Phi) is 8.26. The standard InChI is InChI=1S/C32H30O3/c1-3-12-29(27-18-9-7-13-24(27)2)32(30-20-11-17-26-16-8-10-19-28(26)30)35-31(33)21-22-34-23-25-14-5-4-6-15-25/h3-20,32H,1,21-23H2,2H3/b29-12+. The molecule has 4 aromatic rings. The smallest absolute Gasteiger partial charge is 0.309 e. The molecule has 176 valence electrons. The van der Waals surface area contributed by atoms with Gasteiger partial charge in [0, 0.05) is 11.1 Å². The van der Waals surface area contributed by atoms with E-state index in [9.17, 15) is 4.79 Å². The van der Waals surface area contributed by atoms with E-state index in [0.717, 1.165) is 38.6 Å². The lowest BCUT2D eigenvalue weighted by molar-refractivity contribution is -0.148. The molecule has 0 radical (unpaired) electrons. The summed E-state index contributed by atoms with van der Waals surface area (Å²) in [4.78, 5) is 13.0. The Morgan fingerprint density at radius 2 is 1.60 bits per heavy atom. The van der Waals surface area contributed by atoms with Gasteiger partial charge in [0.2, 0.25) is 0 Å². The Bertz CT molecular complexity index is 1320. The quantitative estimate of drug-likeness (QED) is 0.138. The number of hydrogen-bond donors (Lipinski definition) is 0. The first-order valence-electron chi connectivity index (χ1n) is 11.8. The van der Waals surface area contributed by atoms with Crippen molar-refractivity contribution in [3.8, 4) is 0 Å². The van der Waals surface area contributed by atoms with Crippen molar-refractivity contribution < 1.29 is 14.3 Å². The molecule has 0 bridgehead atoms. The fourth-order valence-electron chi connectivity index (χ4n) is 4.23. The molecule has 0 saturated heterocycles. The summed E-state index contributed by atoms with van der Waals surface area (Å²) < 4.78 is 11.9.